The van der Waals surface area contributed by atoms with E-state index < -0.39 is 0 Å². The van der Waals surface area contributed by atoms with Gasteiger partial charge in [-0.15, -0.1) is 0 Å². The van der Waals surface area contributed by atoms with Crippen LogP contribution < -0.4 is 10.1 Å². The summed E-state index contributed by atoms with van der Waals surface area (Å²) in [5.74, 6) is 1.25. The molecule has 0 aromatic heterocycles. The lowest BCUT2D eigenvalue weighted by molar-refractivity contribution is 0.415. The van der Waals surface area contributed by atoms with Crippen LogP contribution >= 0.6 is 0 Å². The standard InChI is InChI=1S/C24H26N2O/c1-5-21-19-12-16(2)14-24(21,22-11-6-17(3)26-23(22)13-19)25-15-18-7-9-20(27-4)10-8-18/h5-12,15,19,26H,3,13-14H2,1-2,4H3/b21-5+,25-15?. The fourth-order valence-electron chi connectivity index (χ4n) is 4.60. The van der Waals surface area contributed by atoms with Gasteiger partial charge in [-0.3, -0.25) is 4.99 Å². The first-order chi connectivity index (χ1) is 13.1. The van der Waals surface area contributed by atoms with Gasteiger partial charge in [0, 0.05) is 35.5 Å². The number of allylic oxidation sites excluding steroid dienone is 4. The van der Waals surface area contributed by atoms with Crippen LogP contribution in [0.1, 0.15) is 32.3 Å². The van der Waals surface area contributed by atoms with E-state index in [2.05, 4.69) is 50.0 Å². The van der Waals surface area contributed by atoms with Crippen LogP contribution in [-0.2, 0) is 0 Å². The van der Waals surface area contributed by atoms with Crippen LogP contribution in [0.25, 0.3) is 0 Å². The van der Waals surface area contributed by atoms with E-state index >= 15 is 0 Å². The quantitative estimate of drug-likeness (QED) is 0.603. The molecule has 2 bridgehead atoms. The fraction of sp³-hybridized carbons (Fsp3) is 0.292. The summed E-state index contributed by atoms with van der Waals surface area (Å²) in [6.45, 7) is 8.44. The fourth-order valence-corrected chi connectivity index (χ4v) is 4.60. The molecule has 0 saturated carbocycles. The second-order valence-electron chi connectivity index (χ2n) is 7.51. The zero-order valence-corrected chi connectivity index (χ0v) is 16.3. The van der Waals surface area contributed by atoms with Crippen molar-refractivity contribution in [2.24, 2.45) is 10.9 Å². The van der Waals surface area contributed by atoms with E-state index in [4.69, 9.17) is 9.73 Å². The minimum Gasteiger partial charge on any atom is -0.497 e. The van der Waals surface area contributed by atoms with Gasteiger partial charge in [-0.05, 0) is 61.7 Å². The van der Waals surface area contributed by atoms with Crippen LogP contribution in [0.15, 0.2) is 88.3 Å². The van der Waals surface area contributed by atoms with E-state index in [0.29, 0.717) is 5.92 Å². The molecule has 0 fully saturated rings. The minimum absolute atomic E-state index is 0.337. The number of rotatable bonds is 3. The molecule has 1 aliphatic heterocycles. The molecule has 4 rings (SSSR count). The van der Waals surface area contributed by atoms with E-state index in [9.17, 15) is 0 Å². The van der Waals surface area contributed by atoms with Gasteiger partial charge in [0.15, 0.2) is 0 Å². The first-order valence-corrected chi connectivity index (χ1v) is 9.46. The summed E-state index contributed by atoms with van der Waals surface area (Å²) in [7, 11) is 1.68. The molecular weight excluding hydrogens is 332 g/mol. The minimum atomic E-state index is -0.337. The summed E-state index contributed by atoms with van der Waals surface area (Å²) in [5, 5.41) is 3.50. The monoisotopic (exact) mass is 358 g/mol. The Bertz CT molecular complexity index is 928. The van der Waals surface area contributed by atoms with E-state index in [1.54, 1.807) is 7.11 Å². The Hall–Kier alpha value is -2.81. The van der Waals surface area contributed by atoms with E-state index in [1.807, 2.05) is 30.5 Å². The molecule has 27 heavy (non-hydrogen) atoms. The molecule has 0 spiro atoms. The molecule has 0 saturated heterocycles. The van der Waals surface area contributed by atoms with Crippen LogP contribution in [0.4, 0.5) is 0 Å². The second-order valence-corrected chi connectivity index (χ2v) is 7.51. The number of nitrogens with one attached hydrogen (secondary N) is 1. The van der Waals surface area contributed by atoms with Gasteiger partial charge in [0.25, 0.3) is 0 Å². The Balaban J connectivity index is 1.82. The van der Waals surface area contributed by atoms with E-state index in [-0.39, 0.29) is 5.54 Å². The summed E-state index contributed by atoms with van der Waals surface area (Å²) in [4.78, 5) is 5.22. The van der Waals surface area contributed by atoms with Gasteiger partial charge >= 0.3 is 0 Å². The summed E-state index contributed by atoms with van der Waals surface area (Å²) < 4.78 is 5.26. The Kier molecular flexibility index (Phi) is 4.39. The first kappa shape index (κ1) is 17.6. The zero-order valence-electron chi connectivity index (χ0n) is 16.3. The van der Waals surface area contributed by atoms with Gasteiger partial charge in [0.05, 0.1) is 7.11 Å². The number of ether oxygens (including phenoxy) is 1. The molecule has 1 heterocycles. The maximum atomic E-state index is 5.26. The van der Waals surface area contributed by atoms with Crippen molar-refractivity contribution in [1.29, 1.82) is 0 Å². The predicted octanol–water partition coefficient (Wildman–Crippen LogP) is 5.10. The molecule has 2 atom stereocenters. The Labute approximate surface area is 161 Å². The largest absolute Gasteiger partial charge is 0.497 e. The van der Waals surface area contributed by atoms with Crippen LogP contribution in [-0.4, -0.2) is 18.9 Å². The van der Waals surface area contributed by atoms with Gasteiger partial charge in [0.2, 0.25) is 0 Å². The third-order valence-corrected chi connectivity index (χ3v) is 5.72. The average Bonchev–Trinajstić information content (AvgIpc) is 2.66. The van der Waals surface area contributed by atoms with Crippen molar-refractivity contribution in [1.82, 2.24) is 5.32 Å². The molecule has 3 heteroatoms. The topological polar surface area (TPSA) is 33.6 Å². The number of methoxy groups -OCH3 is 1. The highest BCUT2D eigenvalue weighted by Crippen LogP contribution is 2.52. The third kappa shape index (κ3) is 2.97. The summed E-state index contributed by atoms with van der Waals surface area (Å²) in [5.41, 5.74) is 7.03. The third-order valence-electron chi connectivity index (χ3n) is 5.72. The highest BCUT2D eigenvalue weighted by molar-refractivity contribution is 5.81. The number of hydrogen-bond acceptors (Lipinski definition) is 3. The zero-order chi connectivity index (χ0) is 19.0. The molecule has 1 aromatic carbocycles. The van der Waals surface area contributed by atoms with Gasteiger partial charge in [-0.2, -0.15) is 0 Å². The number of fused-ring (bicyclic) bond motifs is 3. The van der Waals surface area contributed by atoms with Gasteiger partial charge in [0.1, 0.15) is 11.3 Å². The van der Waals surface area contributed by atoms with Crippen molar-refractivity contribution < 1.29 is 4.74 Å². The maximum Gasteiger partial charge on any atom is 0.118 e. The lowest BCUT2D eigenvalue weighted by Crippen LogP contribution is -2.44. The molecule has 3 nitrogen and oxygen atoms in total. The predicted molar refractivity (Wildman–Crippen MR) is 112 cm³/mol. The van der Waals surface area contributed by atoms with Crippen LogP contribution in [0, 0.1) is 5.92 Å². The normalized spacial score (nSPS) is 28.3. The van der Waals surface area contributed by atoms with E-state index in [0.717, 1.165) is 29.9 Å². The maximum absolute atomic E-state index is 5.26. The van der Waals surface area contributed by atoms with Crippen LogP contribution in [0.3, 0.4) is 0 Å². The lowest BCUT2D eigenvalue weighted by atomic mass is 9.62. The average molecular weight is 358 g/mol. The van der Waals surface area contributed by atoms with Crippen molar-refractivity contribution in [3.05, 3.63) is 88.8 Å². The second kappa shape index (κ2) is 6.73. The van der Waals surface area contributed by atoms with Gasteiger partial charge in [-0.25, -0.2) is 0 Å². The lowest BCUT2D eigenvalue weighted by Gasteiger charge is -2.47. The smallest absolute Gasteiger partial charge is 0.118 e. The molecule has 0 amide bonds. The Morgan fingerprint density at radius 1 is 1.26 bits per heavy atom. The molecule has 1 aromatic rings. The van der Waals surface area contributed by atoms with Gasteiger partial charge < -0.3 is 10.1 Å². The molecule has 2 unspecified atom stereocenters. The van der Waals surface area contributed by atoms with Crippen molar-refractivity contribution in [3.8, 4) is 5.75 Å². The van der Waals surface area contributed by atoms with Crippen LogP contribution in [0.2, 0.25) is 0 Å². The SMILES string of the molecule is C=C1C=CC2=C(CC3C=C(C)CC2(N=Cc2ccc(OC)cc2)/C3=C/C)N1. The Morgan fingerprint density at radius 2 is 2.04 bits per heavy atom. The van der Waals surface area contributed by atoms with Gasteiger partial charge in [-0.1, -0.05) is 30.4 Å². The first-order valence-electron chi connectivity index (χ1n) is 9.46. The van der Waals surface area contributed by atoms with Crippen molar-refractivity contribution in [3.63, 3.8) is 0 Å². The number of dihydropyridines is 1. The van der Waals surface area contributed by atoms with E-state index in [1.165, 1.54) is 22.4 Å². The molecule has 0 radical (unpaired) electrons. The number of aliphatic imine (C=N–C) groups is 1. The van der Waals surface area contributed by atoms with Crippen LogP contribution in [0.5, 0.6) is 5.75 Å². The van der Waals surface area contributed by atoms with Crippen molar-refractivity contribution >= 4 is 6.21 Å². The number of benzene rings is 1. The molecule has 1 N–H and O–H groups in total. The Morgan fingerprint density at radius 3 is 2.74 bits per heavy atom. The highest BCUT2D eigenvalue weighted by Gasteiger charge is 2.47. The van der Waals surface area contributed by atoms with Crippen molar-refractivity contribution in [2.75, 3.05) is 7.11 Å². The summed E-state index contributed by atoms with van der Waals surface area (Å²) in [6.07, 6.45) is 12.8. The van der Waals surface area contributed by atoms with Crippen molar-refractivity contribution in [2.45, 2.75) is 32.2 Å². The molecular formula is C24H26N2O. The summed E-state index contributed by atoms with van der Waals surface area (Å²) in [6, 6.07) is 8.04. The number of nitrogens with zero attached hydrogens (tertiary/aromatic N) is 1. The summed E-state index contributed by atoms with van der Waals surface area (Å²) >= 11 is 0. The molecule has 3 aliphatic rings. The highest BCUT2D eigenvalue weighted by atomic mass is 16.5. The molecule has 138 valence electrons. The number of hydrogen-bond donors (Lipinski definition) is 1. The molecule has 2 aliphatic carbocycles.